The fraction of sp³-hybridized carbons (Fsp3) is 0.800. The summed E-state index contributed by atoms with van der Waals surface area (Å²) in [7, 11) is 7.85. The van der Waals surface area contributed by atoms with Crippen molar-refractivity contribution in [3.05, 3.63) is 0 Å². The van der Waals surface area contributed by atoms with Gasteiger partial charge in [0.15, 0.2) is 0 Å². The molecule has 0 unspecified atom stereocenters. The largest absolute Gasteiger partial charge is 0.303 e. The Bertz CT molecular complexity index is 217. The van der Waals surface area contributed by atoms with Gasteiger partial charge in [-0.2, -0.15) is 10.2 Å². The zero-order valence-electron chi connectivity index (χ0n) is 9.62. The molecule has 14 heavy (non-hydrogen) atoms. The molecule has 80 valence electrons. The van der Waals surface area contributed by atoms with Gasteiger partial charge in [0, 0.05) is 46.0 Å². The zero-order chi connectivity index (χ0) is 10.6. The van der Waals surface area contributed by atoms with Gasteiger partial charge in [0.1, 0.15) is 0 Å². The van der Waals surface area contributed by atoms with Gasteiger partial charge in [0.05, 0.1) is 0 Å². The third kappa shape index (κ3) is 3.77. The van der Waals surface area contributed by atoms with Crippen molar-refractivity contribution in [2.45, 2.75) is 25.7 Å². The highest BCUT2D eigenvalue weighted by atomic mass is 15.4. The molecular weight excluding hydrogens is 176 g/mol. The lowest BCUT2D eigenvalue weighted by atomic mass is 9.97. The second-order valence-corrected chi connectivity index (χ2v) is 4.06. The first-order valence-electron chi connectivity index (χ1n) is 5.05. The average Bonchev–Trinajstić information content (AvgIpc) is 2.01. The van der Waals surface area contributed by atoms with Crippen molar-refractivity contribution >= 4 is 11.4 Å². The predicted octanol–water partition coefficient (Wildman–Crippen LogP) is 1.40. The van der Waals surface area contributed by atoms with Crippen LogP contribution >= 0.6 is 0 Å². The summed E-state index contributed by atoms with van der Waals surface area (Å²) >= 11 is 0. The SMILES string of the molecule is CN(C)/N=C1/CCC/C(=N\N(C)C)C1. The predicted molar refractivity (Wildman–Crippen MR) is 60.7 cm³/mol. The molecule has 1 saturated carbocycles. The molecule has 1 fully saturated rings. The van der Waals surface area contributed by atoms with E-state index in [-0.39, 0.29) is 0 Å². The Balaban J connectivity index is 2.60. The Hall–Kier alpha value is -1.06. The second-order valence-electron chi connectivity index (χ2n) is 4.06. The molecule has 4 nitrogen and oxygen atoms in total. The van der Waals surface area contributed by atoms with Crippen LogP contribution in [0.5, 0.6) is 0 Å². The molecular formula is C10H20N4. The van der Waals surface area contributed by atoms with Crippen LogP contribution in [-0.2, 0) is 0 Å². The van der Waals surface area contributed by atoms with Crippen LogP contribution in [0.3, 0.4) is 0 Å². The van der Waals surface area contributed by atoms with Crippen LogP contribution in [0.15, 0.2) is 10.2 Å². The van der Waals surface area contributed by atoms with E-state index in [0.29, 0.717) is 0 Å². The first-order valence-corrected chi connectivity index (χ1v) is 5.05. The van der Waals surface area contributed by atoms with E-state index in [9.17, 15) is 0 Å². The first-order chi connectivity index (χ1) is 6.58. The molecule has 0 aromatic rings. The molecule has 1 aliphatic carbocycles. The van der Waals surface area contributed by atoms with Gasteiger partial charge >= 0.3 is 0 Å². The summed E-state index contributed by atoms with van der Waals surface area (Å²) in [6, 6.07) is 0. The number of nitrogens with zero attached hydrogens (tertiary/aromatic N) is 4. The van der Waals surface area contributed by atoms with Crippen molar-refractivity contribution in [2.75, 3.05) is 28.2 Å². The number of hydrogen-bond donors (Lipinski definition) is 0. The van der Waals surface area contributed by atoms with Crippen LogP contribution in [0, 0.1) is 0 Å². The molecule has 0 aliphatic heterocycles. The van der Waals surface area contributed by atoms with E-state index in [1.165, 1.54) is 17.8 Å². The van der Waals surface area contributed by atoms with Crippen molar-refractivity contribution in [3.8, 4) is 0 Å². The van der Waals surface area contributed by atoms with Gasteiger partial charge in [-0.25, -0.2) is 0 Å². The summed E-state index contributed by atoms with van der Waals surface area (Å²) in [6.45, 7) is 0. The maximum absolute atomic E-state index is 4.44. The van der Waals surface area contributed by atoms with Gasteiger partial charge in [-0.1, -0.05) is 0 Å². The maximum Gasteiger partial charge on any atom is 0.0437 e. The monoisotopic (exact) mass is 196 g/mol. The van der Waals surface area contributed by atoms with Crippen LogP contribution in [0.2, 0.25) is 0 Å². The molecule has 0 spiro atoms. The standard InChI is InChI=1S/C10H20N4/c1-13(2)11-9-6-5-7-10(8-9)12-14(3)4/h5-8H2,1-4H3/b11-9-,12-10+. The van der Waals surface area contributed by atoms with E-state index in [1.54, 1.807) is 0 Å². The number of rotatable bonds is 2. The number of hydrogen-bond acceptors (Lipinski definition) is 4. The molecule has 0 atom stereocenters. The Morgan fingerprint density at radius 1 is 0.857 bits per heavy atom. The van der Waals surface area contributed by atoms with Crippen molar-refractivity contribution in [2.24, 2.45) is 10.2 Å². The second kappa shape index (κ2) is 4.98. The summed E-state index contributed by atoms with van der Waals surface area (Å²) < 4.78 is 0. The van der Waals surface area contributed by atoms with E-state index in [0.717, 1.165) is 19.3 Å². The highest BCUT2D eigenvalue weighted by molar-refractivity contribution is 6.06. The zero-order valence-corrected chi connectivity index (χ0v) is 9.62. The minimum Gasteiger partial charge on any atom is -0.303 e. The van der Waals surface area contributed by atoms with Gasteiger partial charge in [0.2, 0.25) is 0 Å². The topological polar surface area (TPSA) is 31.2 Å². The van der Waals surface area contributed by atoms with Crippen LogP contribution in [0.4, 0.5) is 0 Å². The van der Waals surface area contributed by atoms with Gasteiger partial charge in [0.25, 0.3) is 0 Å². The van der Waals surface area contributed by atoms with Gasteiger partial charge < -0.3 is 10.0 Å². The molecule has 0 aromatic carbocycles. The third-order valence-electron chi connectivity index (χ3n) is 2.02. The Kier molecular flexibility index (Phi) is 3.92. The summed E-state index contributed by atoms with van der Waals surface area (Å²) in [5, 5.41) is 12.6. The van der Waals surface area contributed by atoms with Crippen LogP contribution in [0.1, 0.15) is 25.7 Å². The molecule has 0 amide bonds. The van der Waals surface area contributed by atoms with Gasteiger partial charge in [-0.3, -0.25) is 0 Å². The highest BCUT2D eigenvalue weighted by Crippen LogP contribution is 2.14. The smallest absolute Gasteiger partial charge is 0.0437 e. The fourth-order valence-electron chi connectivity index (χ4n) is 1.65. The molecule has 1 rings (SSSR count). The maximum atomic E-state index is 4.44. The highest BCUT2D eigenvalue weighted by Gasteiger charge is 2.13. The van der Waals surface area contributed by atoms with Crippen molar-refractivity contribution < 1.29 is 0 Å². The molecule has 0 bridgehead atoms. The first kappa shape index (κ1) is 11.0. The third-order valence-corrected chi connectivity index (χ3v) is 2.02. The molecule has 0 N–H and O–H groups in total. The van der Waals surface area contributed by atoms with Crippen LogP contribution in [0.25, 0.3) is 0 Å². The van der Waals surface area contributed by atoms with Crippen LogP contribution in [-0.4, -0.2) is 49.6 Å². The molecule has 4 heteroatoms. The van der Waals surface area contributed by atoms with Crippen molar-refractivity contribution in [3.63, 3.8) is 0 Å². The molecule has 0 radical (unpaired) electrons. The normalized spacial score (nSPS) is 22.9. The molecule has 0 heterocycles. The van der Waals surface area contributed by atoms with E-state index >= 15 is 0 Å². The minimum atomic E-state index is 0.941. The van der Waals surface area contributed by atoms with Crippen molar-refractivity contribution in [1.82, 2.24) is 10.0 Å². The molecule has 0 saturated heterocycles. The lowest BCUT2D eigenvalue weighted by Gasteiger charge is -2.18. The average molecular weight is 196 g/mol. The van der Waals surface area contributed by atoms with Crippen LogP contribution < -0.4 is 0 Å². The Morgan fingerprint density at radius 2 is 1.29 bits per heavy atom. The van der Waals surface area contributed by atoms with E-state index < -0.39 is 0 Å². The molecule has 1 aliphatic rings. The summed E-state index contributed by atoms with van der Waals surface area (Å²) in [5.41, 5.74) is 2.50. The van der Waals surface area contributed by atoms with E-state index in [4.69, 9.17) is 0 Å². The summed E-state index contributed by atoms with van der Waals surface area (Å²) in [5.74, 6) is 0. The lowest BCUT2D eigenvalue weighted by Crippen LogP contribution is -2.20. The lowest BCUT2D eigenvalue weighted by molar-refractivity contribution is 0.429. The fourth-order valence-corrected chi connectivity index (χ4v) is 1.65. The Morgan fingerprint density at radius 3 is 1.64 bits per heavy atom. The van der Waals surface area contributed by atoms with Gasteiger partial charge in [-0.05, 0) is 19.3 Å². The van der Waals surface area contributed by atoms with Crippen molar-refractivity contribution in [1.29, 1.82) is 0 Å². The minimum absolute atomic E-state index is 0.941. The van der Waals surface area contributed by atoms with Gasteiger partial charge in [-0.15, -0.1) is 0 Å². The van der Waals surface area contributed by atoms with E-state index in [1.807, 2.05) is 38.2 Å². The quantitative estimate of drug-likeness (QED) is 0.625. The summed E-state index contributed by atoms with van der Waals surface area (Å²) in [6.07, 6.45) is 4.35. The molecule has 0 aromatic heterocycles. The van der Waals surface area contributed by atoms with E-state index in [2.05, 4.69) is 10.2 Å². The Labute approximate surface area is 86.3 Å². The summed E-state index contributed by atoms with van der Waals surface area (Å²) in [4.78, 5) is 0. The number of hydrazone groups is 2.